The number of ether oxygens (including phenoxy) is 1. The molecule has 2 unspecified atom stereocenters. The molecule has 0 bridgehead atoms. The van der Waals surface area contributed by atoms with Crippen LogP contribution in [-0.2, 0) is 4.74 Å². The van der Waals surface area contributed by atoms with E-state index in [0.29, 0.717) is 0 Å². The maximum absolute atomic E-state index is 6.11. The molecule has 3 heteroatoms. The first-order valence-corrected chi connectivity index (χ1v) is 6.87. The van der Waals surface area contributed by atoms with Crippen LogP contribution >= 0.6 is 0 Å². The van der Waals surface area contributed by atoms with Crippen molar-refractivity contribution in [2.75, 3.05) is 26.3 Å². The summed E-state index contributed by atoms with van der Waals surface area (Å²) in [5.74, 6) is 0. The number of hydrogen-bond donors (Lipinski definition) is 1. The largest absolute Gasteiger partial charge is 0.381 e. The van der Waals surface area contributed by atoms with Crippen LogP contribution in [0.25, 0.3) is 0 Å². The molecule has 3 nitrogen and oxygen atoms in total. The van der Waals surface area contributed by atoms with Crippen LogP contribution in [-0.4, -0.2) is 42.8 Å². The Bertz CT molecular complexity index is 212. The second kappa shape index (κ2) is 5.48. The predicted molar refractivity (Wildman–Crippen MR) is 66.5 cm³/mol. The van der Waals surface area contributed by atoms with Crippen molar-refractivity contribution in [2.24, 2.45) is 5.73 Å². The summed E-state index contributed by atoms with van der Waals surface area (Å²) < 4.78 is 5.60. The normalized spacial score (nSPS) is 37.5. The molecule has 0 aromatic heterocycles. The average Bonchev–Trinajstić information content (AvgIpc) is 2.67. The maximum atomic E-state index is 6.11. The van der Waals surface area contributed by atoms with Gasteiger partial charge in [-0.1, -0.05) is 6.92 Å². The van der Waals surface area contributed by atoms with Crippen molar-refractivity contribution in [3.63, 3.8) is 0 Å². The standard InChI is InChI=1S/C13H26N2O/c1-2-12-5-3-8-15(12)13(11-14)6-4-9-16-10-7-13/h12H,2-11,14H2,1H3. The fourth-order valence-electron chi connectivity index (χ4n) is 3.49. The summed E-state index contributed by atoms with van der Waals surface area (Å²) in [7, 11) is 0. The fraction of sp³-hybridized carbons (Fsp3) is 1.00. The summed E-state index contributed by atoms with van der Waals surface area (Å²) in [6.45, 7) is 6.17. The Morgan fingerprint density at radius 1 is 1.31 bits per heavy atom. The molecule has 0 amide bonds. The molecule has 0 aromatic rings. The molecule has 94 valence electrons. The molecule has 2 saturated heterocycles. The van der Waals surface area contributed by atoms with Crippen molar-refractivity contribution in [3.05, 3.63) is 0 Å². The Kier molecular flexibility index (Phi) is 4.22. The zero-order valence-corrected chi connectivity index (χ0v) is 10.6. The highest BCUT2D eigenvalue weighted by atomic mass is 16.5. The lowest BCUT2D eigenvalue weighted by Gasteiger charge is -2.44. The van der Waals surface area contributed by atoms with E-state index in [1.165, 1.54) is 38.6 Å². The number of nitrogens with two attached hydrogens (primary N) is 1. The van der Waals surface area contributed by atoms with Gasteiger partial charge in [-0.3, -0.25) is 4.90 Å². The van der Waals surface area contributed by atoms with E-state index in [2.05, 4.69) is 11.8 Å². The third-order valence-electron chi connectivity index (χ3n) is 4.48. The Hall–Kier alpha value is -0.120. The van der Waals surface area contributed by atoms with Gasteiger partial charge in [-0.15, -0.1) is 0 Å². The topological polar surface area (TPSA) is 38.5 Å². The van der Waals surface area contributed by atoms with Gasteiger partial charge in [0.25, 0.3) is 0 Å². The molecule has 2 atom stereocenters. The van der Waals surface area contributed by atoms with Gasteiger partial charge in [0.15, 0.2) is 0 Å². The van der Waals surface area contributed by atoms with E-state index < -0.39 is 0 Å². The number of hydrogen-bond acceptors (Lipinski definition) is 3. The van der Waals surface area contributed by atoms with Crippen LogP contribution in [0.4, 0.5) is 0 Å². The van der Waals surface area contributed by atoms with Crippen LogP contribution in [0.15, 0.2) is 0 Å². The Morgan fingerprint density at radius 3 is 2.94 bits per heavy atom. The van der Waals surface area contributed by atoms with Crippen molar-refractivity contribution >= 4 is 0 Å². The molecule has 2 rings (SSSR count). The molecule has 2 heterocycles. The van der Waals surface area contributed by atoms with Gasteiger partial charge in [0.1, 0.15) is 0 Å². The highest BCUT2D eigenvalue weighted by Crippen LogP contribution is 2.35. The Balaban J connectivity index is 2.11. The zero-order chi connectivity index (χ0) is 11.4. The predicted octanol–water partition coefficient (Wildman–Crippen LogP) is 1.76. The first kappa shape index (κ1) is 12.3. The van der Waals surface area contributed by atoms with Gasteiger partial charge < -0.3 is 10.5 Å². The summed E-state index contributed by atoms with van der Waals surface area (Å²) in [6.07, 6.45) is 7.49. The highest BCUT2D eigenvalue weighted by Gasteiger charge is 2.41. The van der Waals surface area contributed by atoms with Crippen LogP contribution in [0.3, 0.4) is 0 Å². The van der Waals surface area contributed by atoms with Crippen molar-refractivity contribution in [1.82, 2.24) is 4.90 Å². The van der Waals surface area contributed by atoms with E-state index in [1.807, 2.05) is 0 Å². The molecular weight excluding hydrogens is 200 g/mol. The zero-order valence-electron chi connectivity index (χ0n) is 10.6. The molecular formula is C13H26N2O. The quantitative estimate of drug-likeness (QED) is 0.797. The van der Waals surface area contributed by atoms with E-state index >= 15 is 0 Å². The number of nitrogens with zero attached hydrogens (tertiary/aromatic N) is 1. The van der Waals surface area contributed by atoms with Gasteiger partial charge in [0.2, 0.25) is 0 Å². The summed E-state index contributed by atoms with van der Waals surface area (Å²) >= 11 is 0. The minimum absolute atomic E-state index is 0.244. The molecule has 2 fully saturated rings. The highest BCUT2D eigenvalue weighted by molar-refractivity contribution is 4.98. The van der Waals surface area contributed by atoms with Crippen LogP contribution < -0.4 is 5.73 Å². The summed E-state index contributed by atoms with van der Waals surface area (Å²) in [5.41, 5.74) is 6.35. The van der Waals surface area contributed by atoms with Crippen molar-refractivity contribution in [2.45, 2.75) is 57.0 Å². The minimum atomic E-state index is 0.244. The molecule has 0 aliphatic carbocycles. The molecule has 2 aliphatic rings. The van der Waals surface area contributed by atoms with Gasteiger partial charge in [0, 0.05) is 31.3 Å². The third kappa shape index (κ3) is 2.27. The van der Waals surface area contributed by atoms with Gasteiger partial charge in [-0.05, 0) is 45.1 Å². The molecule has 0 aromatic carbocycles. The minimum Gasteiger partial charge on any atom is -0.381 e. The van der Waals surface area contributed by atoms with E-state index in [0.717, 1.165) is 32.2 Å². The third-order valence-corrected chi connectivity index (χ3v) is 4.48. The van der Waals surface area contributed by atoms with Crippen LogP contribution in [0.2, 0.25) is 0 Å². The van der Waals surface area contributed by atoms with Gasteiger partial charge in [-0.25, -0.2) is 0 Å². The lowest BCUT2D eigenvalue weighted by Crippen LogP contribution is -2.55. The smallest absolute Gasteiger partial charge is 0.0484 e. The summed E-state index contributed by atoms with van der Waals surface area (Å²) in [5, 5.41) is 0. The second-order valence-electron chi connectivity index (χ2n) is 5.29. The van der Waals surface area contributed by atoms with Crippen molar-refractivity contribution in [3.8, 4) is 0 Å². The van der Waals surface area contributed by atoms with Crippen LogP contribution in [0.5, 0.6) is 0 Å². The number of rotatable bonds is 3. The molecule has 2 N–H and O–H groups in total. The van der Waals surface area contributed by atoms with Gasteiger partial charge in [-0.2, -0.15) is 0 Å². The van der Waals surface area contributed by atoms with E-state index in [4.69, 9.17) is 10.5 Å². The van der Waals surface area contributed by atoms with Gasteiger partial charge >= 0.3 is 0 Å². The molecule has 16 heavy (non-hydrogen) atoms. The molecule has 0 radical (unpaired) electrons. The van der Waals surface area contributed by atoms with E-state index in [9.17, 15) is 0 Å². The lowest BCUT2D eigenvalue weighted by molar-refractivity contribution is 0.0548. The van der Waals surface area contributed by atoms with Crippen LogP contribution in [0, 0.1) is 0 Å². The van der Waals surface area contributed by atoms with E-state index in [-0.39, 0.29) is 5.54 Å². The second-order valence-corrected chi connectivity index (χ2v) is 5.29. The van der Waals surface area contributed by atoms with Crippen molar-refractivity contribution < 1.29 is 4.74 Å². The molecule has 0 saturated carbocycles. The maximum Gasteiger partial charge on any atom is 0.0484 e. The average molecular weight is 226 g/mol. The van der Waals surface area contributed by atoms with Gasteiger partial charge in [0.05, 0.1) is 0 Å². The van der Waals surface area contributed by atoms with E-state index in [1.54, 1.807) is 0 Å². The molecule has 0 spiro atoms. The SMILES string of the molecule is CCC1CCCN1C1(CN)CCCOCC1. The molecule has 2 aliphatic heterocycles. The number of likely N-dealkylation sites (tertiary alicyclic amines) is 1. The summed E-state index contributed by atoms with van der Waals surface area (Å²) in [4.78, 5) is 2.71. The van der Waals surface area contributed by atoms with Crippen molar-refractivity contribution in [1.29, 1.82) is 0 Å². The lowest BCUT2D eigenvalue weighted by atomic mass is 9.87. The first-order valence-electron chi connectivity index (χ1n) is 6.87. The first-order chi connectivity index (χ1) is 7.82. The monoisotopic (exact) mass is 226 g/mol. The fourth-order valence-corrected chi connectivity index (χ4v) is 3.49. The summed E-state index contributed by atoms with van der Waals surface area (Å²) in [6, 6.07) is 0.765. The Morgan fingerprint density at radius 2 is 2.19 bits per heavy atom. The van der Waals surface area contributed by atoms with Crippen LogP contribution in [0.1, 0.15) is 45.4 Å². The Labute approximate surface area is 99.3 Å².